The summed E-state index contributed by atoms with van der Waals surface area (Å²) in [5.41, 5.74) is 0.804. The molecule has 23 heavy (non-hydrogen) atoms. The van der Waals surface area contributed by atoms with Gasteiger partial charge in [0.25, 0.3) is 0 Å². The van der Waals surface area contributed by atoms with Crippen LogP contribution in [0.2, 0.25) is 0 Å². The number of hydrogen-bond donors (Lipinski definition) is 3. The summed E-state index contributed by atoms with van der Waals surface area (Å²) in [6.45, 7) is 6.29. The molecule has 5 nitrogen and oxygen atoms in total. The van der Waals surface area contributed by atoms with Crippen LogP contribution < -0.4 is 16.0 Å². The highest BCUT2D eigenvalue weighted by Gasteiger charge is 2.02. The van der Waals surface area contributed by atoms with E-state index >= 15 is 0 Å². The molecule has 0 atom stereocenters. The molecule has 7 heteroatoms. The summed E-state index contributed by atoms with van der Waals surface area (Å²) < 4.78 is 13.1. The van der Waals surface area contributed by atoms with Crippen LogP contribution >= 0.6 is 24.0 Å². The molecule has 0 radical (unpaired) electrons. The third kappa shape index (κ3) is 10.1. The summed E-state index contributed by atoms with van der Waals surface area (Å²) in [7, 11) is 0. The van der Waals surface area contributed by atoms with Crippen LogP contribution in [0.1, 0.15) is 32.3 Å². The van der Waals surface area contributed by atoms with Crippen molar-refractivity contribution in [2.24, 2.45) is 4.99 Å². The smallest absolute Gasteiger partial charge is 0.221 e. The molecule has 1 amide bonds. The second kappa shape index (κ2) is 13.1. The molecule has 1 aromatic carbocycles. The topological polar surface area (TPSA) is 65.5 Å². The quantitative estimate of drug-likeness (QED) is 0.333. The first-order valence-corrected chi connectivity index (χ1v) is 7.69. The first kappa shape index (κ1) is 21.6. The van der Waals surface area contributed by atoms with Crippen molar-refractivity contribution in [2.75, 3.05) is 19.6 Å². The summed E-state index contributed by atoms with van der Waals surface area (Å²) in [5, 5.41) is 9.02. The molecular formula is C16H26FIN4O. The average molecular weight is 436 g/mol. The minimum Gasteiger partial charge on any atom is -0.357 e. The Morgan fingerprint density at radius 3 is 2.61 bits per heavy atom. The molecule has 0 spiro atoms. The number of hydrogen-bond acceptors (Lipinski definition) is 2. The van der Waals surface area contributed by atoms with E-state index in [1.54, 1.807) is 6.07 Å². The van der Waals surface area contributed by atoms with Gasteiger partial charge in [-0.2, -0.15) is 0 Å². The molecule has 0 aromatic heterocycles. The van der Waals surface area contributed by atoms with Crippen LogP contribution in [-0.2, 0) is 11.3 Å². The van der Waals surface area contributed by atoms with E-state index in [0.717, 1.165) is 18.5 Å². The average Bonchev–Trinajstić information content (AvgIpc) is 2.50. The van der Waals surface area contributed by atoms with Gasteiger partial charge in [0.05, 0.1) is 6.54 Å². The van der Waals surface area contributed by atoms with E-state index < -0.39 is 0 Å². The molecule has 0 saturated heterocycles. The Hall–Kier alpha value is -1.38. The largest absolute Gasteiger partial charge is 0.357 e. The van der Waals surface area contributed by atoms with Gasteiger partial charge in [-0.3, -0.25) is 4.79 Å². The SMILES string of the molecule is CCCNC(=O)CCNC(=NCc1cccc(F)c1)NCC.I. The number of benzene rings is 1. The molecule has 1 rings (SSSR count). The van der Waals surface area contributed by atoms with Crippen molar-refractivity contribution in [3.05, 3.63) is 35.6 Å². The van der Waals surface area contributed by atoms with Crippen molar-refractivity contribution in [1.82, 2.24) is 16.0 Å². The number of carbonyl (C=O) groups is 1. The maximum absolute atomic E-state index is 13.1. The Morgan fingerprint density at radius 1 is 1.17 bits per heavy atom. The minimum atomic E-state index is -0.266. The zero-order valence-corrected chi connectivity index (χ0v) is 16.0. The number of carbonyl (C=O) groups excluding carboxylic acids is 1. The predicted octanol–water partition coefficient (Wildman–Crippen LogP) is 2.42. The van der Waals surface area contributed by atoms with Gasteiger partial charge in [0, 0.05) is 26.1 Å². The van der Waals surface area contributed by atoms with Gasteiger partial charge < -0.3 is 16.0 Å². The Balaban J connectivity index is 0.00000484. The maximum atomic E-state index is 13.1. The van der Waals surface area contributed by atoms with Gasteiger partial charge in [-0.25, -0.2) is 9.38 Å². The zero-order chi connectivity index (χ0) is 16.2. The van der Waals surface area contributed by atoms with E-state index in [2.05, 4.69) is 20.9 Å². The highest BCUT2D eigenvalue weighted by atomic mass is 127. The summed E-state index contributed by atoms with van der Waals surface area (Å²) in [6, 6.07) is 6.36. The van der Waals surface area contributed by atoms with Gasteiger partial charge in [-0.05, 0) is 31.0 Å². The fourth-order valence-corrected chi connectivity index (χ4v) is 1.79. The van der Waals surface area contributed by atoms with E-state index in [-0.39, 0.29) is 35.7 Å². The highest BCUT2D eigenvalue weighted by molar-refractivity contribution is 14.0. The van der Waals surface area contributed by atoms with E-state index in [9.17, 15) is 9.18 Å². The molecule has 1 aromatic rings. The number of aliphatic imine (C=N–C) groups is 1. The lowest BCUT2D eigenvalue weighted by atomic mass is 10.2. The summed E-state index contributed by atoms with van der Waals surface area (Å²) in [5.74, 6) is 0.378. The highest BCUT2D eigenvalue weighted by Crippen LogP contribution is 2.04. The van der Waals surface area contributed by atoms with Gasteiger partial charge in [-0.1, -0.05) is 19.1 Å². The fraction of sp³-hybridized carbons (Fsp3) is 0.500. The van der Waals surface area contributed by atoms with Gasteiger partial charge in [0.1, 0.15) is 5.82 Å². The number of rotatable bonds is 8. The van der Waals surface area contributed by atoms with Crippen LogP contribution in [0.15, 0.2) is 29.3 Å². The van der Waals surface area contributed by atoms with Crippen molar-refractivity contribution < 1.29 is 9.18 Å². The Kier molecular flexibility index (Phi) is 12.3. The third-order valence-electron chi connectivity index (χ3n) is 2.87. The second-order valence-corrected chi connectivity index (χ2v) is 4.85. The molecule has 0 heterocycles. The lowest BCUT2D eigenvalue weighted by molar-refractivity contribution is -0.120. The van der Waals surface area contributed by atoms with Gasteiger partial charge >= 0.3 is 0 Å². The molecule has 0 unspecified atom stereocenters. The number of guanidine groups is 1. The molecule has 0 aliphatic carbocycles. The monoisotopic (exact) mass is 436 g/mol. The Labute approximate surface area is 154 Å². The van der Waals surface area contributed by atoms with E-state index in [4.69, 9.17) is 0 Å². The van der Waals surface area contributed by atoms with Crippen molar-refractivity contribution in [3.63, 3.8) is 0 Å². The van der Waals surface area contributed by atoms with Gasteiger partial charge in [0.15, 0.2) is 5.96 Å². The molecule has 3 N–H and O–H groups in total. The first-order valence-electron chi connectivity index (χ1n) is 7.69. The van der Waals surface area contributed by atoms with Crippen molar-refractivity contribution in [2.45, 2.75) is 33.2 Å². The van der Waals surface area contributed by atoms with Crippen LogP contribution in [0, 0.1) is 5.82 Å². The first-order chi connectivity index (χ1) is 10.7. The fourth-order valence-electron chi connectivity index (χ4n) is 1.79. The number of nitrogens with one attached hydrogen (secondary N) is 3. The second-order valence-electron chi connectivity index (χ2n) is 4.85. The molecule has 130 valence electrons. The minimum absolute atomic E-state index is 0. The number of amides is 1. The standard InChI is InChI=1S/C16H25FN4O.HI/c1-3-9-19-15(22)8-10-20-16(18-4-2)21-12-13-6-5-7-14(17)11-13;/h5-7,11H,3-4,8-10,12H2,1-2H3,(H,19,22)(H2,18,20,21);1H. The molecule has 0 saturated carbocycles. The normalized spacial score (nSPS) is 10.7. The van der Waals surface area contributed by atoms with E-state index in [1.807, 2.05) is 19.9 Å². The van der Waals surface area contributed by atoms with Crippen LogP contribution in [0.4, 0.5) is 4.39 Å². The summed E-state index contributed by atoms with van der Waals surface area (Å²) >= 11 is 0. The van der Waals surface area contributed by atoms with Crippen LogP contribution in [-0.4, -0.2) is 31.5 Å². The molecular weight excluding hydrogens is 410 g/mol. The van der Waals surface area contributed by atoms with Crippen LogP contribution in [0.3, 0.4) is 0 Å². The van der Waals surface area contributed by atoms with Crippen molar-refractivity contribution in [3.8, 4) is 0 Å². The summed E-state index contributed by atoms with van der Waals surface area (Å²) in [4.78, 5) is 15.9. The lowest BCUT2D eigenvalue weighted by Crippen LogP contribution is -2.39. The van der Waals surface area contributed by atoms with E-state index in [0.29, 0.717) is 32.0 Å². The molecule has 0 fully saturated rings. The van der Waals surface area contributed by atoms with E-state index in [1.165, 1.54) is 12.1 Å². The lowest BCUT2D eigenvalue weighted by Gasteiger charge is -2.11. The summed E-state index contributed by atoms with van der Waals surface area (Å²) in [6.07, 6.45) is 1.32. The van der Waals surface area contributed by atoms with Crippen molar-refractivity contribution in [1.29, 1.82) is 0 Å². The molecule has 0 aliphatic heterocycles. The Bertz CT molecular complexity index is 497. The zero-order valence-electron chi connectivity index (χ0n) is 13.7. The maximum Gasteiger partial charge on any atom is 0.221 e. The van der Waals surface area contributed by atoms with Gasteiger partial charge in [-0.15, -0.1) is 24.0 Å². The van der Waals surface area contributed by atoms with Crippen molar-refractivity contribution >= 4 is 35.8 Å². The van der Waals surface area contributed by atoms with Crippen LogP contribution in [0.5, 0.6) is 0 Å². The number of halogens is 2. The van der Waals surface area contributed by atoms with Gasteiger partial charge in [0.2, 0.25) is 5.91 Å². The van der Waals surface area contributed by atoms with Crippen LogP contribution in [0.25, 0.3) is 0 Å². The number of nitrogens with zero attached hydrogens (tertiary/aromatic N) is 1. The Morgan fingerprint density at radius 2 is 1.96 bits per heavy atom. The predicted molar refractivity (Wildman–Crippen MR) is 103 cm³/mol. The third-order valence-corrected chi connectivity index (χ3v) is 2.87. The molecule has 0 bridgehead atoms. The molecule has 0 aliphatic rings.